The van der Waals surface area contributed by atoms with E-state index in [1.54, 1.807) is 24.3 Å². The van der Waals surface area contributed by atoms with Crippen molar-refractivity contribution in [1.82, 2.24) is 0 Å². The van der Waals surface area contributed by atoms with Crippen molar-refractivity contribution in [2.45, 2.75) is 0 Å². The molecule has 13 heavy (non-hydrogen) atoms. The van der Waals surface area contributed by atoms with Gasteiger partial charge in [-0.25, -0.2) is 4.79 Å². The maximum Gasteiger partial charge on any atom is 0.344 e. The normalized spacial score (nSPS) is 16.5. The second-order valence-electron chi connectivity index (χ2n) is 2.57. The Labute approximate surface area is 74.9 Å². The number of nitriles is 1. The van der Waals surface area contributed by atoms with Gasteiger partial charge in [-0.2, -0.15) is 5.26 Å². The quantitative estimate of drug-likeness (QED) is 0.441. The number of ether oxygens (including phenoxy) is 1. The summed E-state index contributed by atoms with van der Waals surface area (Å²) < 4.78 is 4.87. The smallest absolute Gasteiger partial charge is 0.344 e. The predicted molar refractivity (Wildman–Crippen MR) is 45.4 cm³/mol. The topological polar surface area (TPSA) is 50.1 Å². The summed E-state index contributed by atoms with van der Waals surface area (Å²) >= 11 is 0. The summed E-state index contributed by atoms with van der Waals surface area (Å²) in [5, 5.41) is 8.42. The number of nitrogens with zero attached hydrogens (tertiary/aromatic N) is 1. The van der Waals surface area contributed by atoms with E-state index >= 15 is 0 Å². The fourth-order valence-corrected chi connectivity index (χ4v) is 1.25. The number of benzene rings is 1. The van der Waals surface area contributed by atoms with E-state index in [9.17, 15) is 4.79 Å². The molecule has 0 aromatic heterocycles. The molecule has 0 unspecified atom stereocenters. The molecule has 1 aliphatic rings. The highest BCUT2D eigenvalue weighted by Crippen LogP contribution is 2.28. The minimum Gasteiger partial charge on any atom is -0.421 e. The van der Waals surface area contributed by atoms with Gasteiger partial charge in [0.25, 0.3) is 0 Å². The third-order valence-electron chi connectivity index (χ3n) is 1.81. The van der Waals surface area contributed by atoms with E-state index in [1.807, 2.05) is 6.07 Å². The molecule has 62 valence electrons. The van der Waals surface area contributed by atoms with Gasteiger partial charge in [0, 0.05) is 5.56 Å². The van der Waals surface area contributed by atoms with Crippen molar-refractivity contribution >= 4 is 11.7 Å². The van der Waals surface area contributed by atoms with Crippen LogP contribution in [0.5, 0.6) is 0 Å². The van der Waals surface area contributed by atoms with Gasteiger partial charge in [-0.05, 0) is 6.07 Å². The molecule has 1 aromatic rings. The van der Waals surface area contributed by atoms with Gasteiger partial charge in [-0.1, -0.05) is 18.2 Å². The van der Waals surface area contributed by atoms with E-state index in [2.05, 4.69) is 0 Å². The second kappa shape index (κ2) is 2.76. The number of hydrogen-bond acceptors (Lipinski definition) is 3. The van der Waals surface area contributed by atoms with Crippen molar-refractivity contribution in [2.24, 2.45) is 0 Å². The lowest BCUT2D eigenvalue weighted by atomic mass is 10.1. The molecule has 0 radical (unpaired) electrons. The Bertz CT molecular complexity index is 440. The fourth-order valence-electron chi connectivity index (χ4n) is 1.25. The molecule has 0 bridgehead atoms. The average molecular weight is 171 g/mol. The van der Waals surface area contributed by atoms with E-state index in [0.717, 1.165) is 0 Å². The predicted octanol–water partition coefficient (Wildman–Crippen LogP) is 1.72. The molecule has 1 heterocycles. The van der Waals surface area contributed by atoms with Gasteiger partial charge in [-0.3, -0.25) is 0 Å². The van der Waals surface area contributed by atoms with Gasteiger partial charge in [0.15, 0.2) is 0 Å². The lowest BCUT2D eigenvalue weighted by Gasteiger charge is -1.92. The van der Waals surface area contributed by atoms with Crippen molar-refractivity contribution in [2.75, 3.05) is 0 Å². The van der Waals surface area contributed by atoms with Crippen LogP contribution in [-0.4, -0.2) is 5.97 Å². The zero-order chi connectivity index (χ0) is 9.26. The lowest BCUT2D eigenvalue weighted by Crippen LogP contribution is -1.92. The molecular formula is C10H5NO2. The van der Waals surface area contributed by atoms with E-state index < -0.39 is 5.97 Å². The van der Waals surface area contributed by atoms with Crippen molar-refractivity contribution in [1.29, 1.82) is 5.26 Å². The molecule has 0 N–H and O–H groups in total. The van der Waals surface area contributed by atoms with Crippen molar-refractivity contribution < 1.29 is 9.53 Å². The molecule has 1 aromatic carbocycles. The zero-order valence-electron chi connectivity index (χ0n) is 6.65. The summed E-state index contributed by atoms with van der Waals surface area (Å²) in [6.07, 6.45) is 1.23. The first kappa shape index (κ1) is 7.56. The maximum absolute atomic E-state index is 11.2. The number of allylic oxidation sites excluding steroid dienone is 1. The largest absolute Gasteiger partial charge is 0.421 e. The molecule has 3 nitrogen and oxygen atoms in total. The number of esters is 1. The van der Waals surface area contributed by atoms with Crippen molar-refractivity contribution in [3.8, 4) is 6.07 Å². The Morgan fingerprint density at radius 2 is 2.00 bits per heavy atom. The number of fused-ring (bicyclic) bond motifs is 1. The first-order valence-electron chi connectivity index (χ1n) is 3.74. The van der Waals surface area contributed by atoms with Gasteiger partial charge in [0.2, 0.25) is 0 Å². The Morgan fingerprint density at radius 1 is 1.31 bits per heavy atom. The summed E-state index contributed by atoms with van der Waals surface area (Å²) in [5.74, 6) is -0.0554. The minimum atomic E-state index is -0.392. The van der Waals surface area contributed by atoms with Crippen LogP contribution in [0.3, 0.4) is 0 Å². The molecule has 3 heteroatoms. The summed E-state index contributed by atoms with van der Waals surface area (Å²) in [4.78, 5) is 11.2. The average Bonchev–Trinajstić information content (AvgIpc) is 2.46. The van der Waals surface area contributed by atoms with Gasteiger partial charge < -0.3 is 4.74 Å². The van der Waals surface area contributed by atoms with Gasteiger partial charge in [0.1, 0.15) is 5.76 Å². The van der Waals surface area contributed by atoms with E-state index in [1.165, 1.54) is 6.08 Å². The number of carbonyl (C=O) groups excluding carboxylic acids is 1. The van der Waals surface area contributed by atoms with Gasteiger partial charge in [-0.15, -0.1) is 0 Å². The number of hydrogen-bond donors (Lipinski definition) is 0. The van der Waals surface area contributed by atoms with E-state index in [-0.39, 0.29) is 0 Å². The molecule has 0 aliphatic carbocycles. The fraction of sp³-hybridized carbons (Fsp3) is 0. The zero-order valence-corrected chi connectivity index (χ0v) is 6.65. The first-order chi connectivity index (χ1) is 6.33. The maximum atomic E-state index is 11.2. The molecule has 0 saturated heterocycles. The molecule has 0 fully saturated rings. The molecule has 0 atom stereocenters. The van der Waals surface area contributed by atoms with Crippen LogP contribution in [0.15, 0.2) is 30.3 Å². The van der Waals surface area contributed by atoms with Crippen LogP contribution < -0.4 is 0 Å². The number of carbonyl (C=O) groups is 1. The molecule has 0 spiro atoms. The Hall–Kier alpha value is -2.08. The standard InChI is InChI=1S/C10H5NO2/c11-6-5-9-7-3-1-2-4-8(7)10(12)13-9/h1-5H/b9-5-. The van der Waals surface area contributed by atoms with Crippen molar-refractivity contribution in [3.05, 3.63) is 41.5 Å². The summed E-state index contributed by atoms with van der Waals surface area (Å²) in [6.45, 7) is 0. The third-order valence-corrected chi connectivity index (χ3v) is 1.81. The Kier molecular flexibility index (Phi) is 1.60. The highest BCUT2D eigenvalue weighted by molar-refractivity contribution is 6.03. The molecule has 0 amide bonds. The van der Waals surface area contributed by atoms with E-state index in [0.29, 0.717) is 16.9 Å². The van der Waals surface area contributed by atoms with Crippen LogP contribution >= 0.6 is 0 Å². The Balaban J connectivity index is 2.61. The molecule has 2 rings (SSSR count). The van der Waals surface area contributed by atoms with Gasteiger partial charge >= 0.3 is 5.97 Å². The summed E-state index contributed by atoms with van der Waals surface area (Å²) in [7, 11) is 0. The van der Waals surface area contributed by atoms with E-state index in [4.69, 9.17) is 10.00 Å². The van der Waals surface area contributed by atoms with Gasteiger partial charge in [0.05, 0.1) is 17.7 Å². The SMILES string of the molecule is N#C/C=C1\OC(=O)c2ccccc21. The first-order valence-corrected chi connectivity index (χ1v) is 3.74. The summed E-state index contributed by atoms with van der Waals surface area (Å²) in [5.41, 5.74) is 1.21. The highest BCUT2D eigenvalue weighted by atomic mass is 16.5. The molecule has 0 saturated carbocycles. The van der Waals surface area contributed by atoms with Crippen LogP contribution in [0.2, 0.25) is 0 Å². The highest BCUT2D eigenvalue weighted by Gasteiger charge is 2.25. The lowest BCUT2D eigenvalue weighted by molar-refractivity contribution is 0.0716. The van der Waals surface area contributed by atoms with Crippen LogP contribution in [-0.2, 0) is 4.74 Å². The second-order valence-corrected chi connectivity index (χ2v) is 2.57. The van der Waals surface area contributed by atoms with Crippen LogP contribution in [0.25, 0.3) is 5.76 Å². The van der Waals surface area contributed by atoms with Crippen LogP contribution in [0.1, 0.15) is 15.9 Å². The molecule has 1 aliphatic heterocycles. The monoisotopic (exact) mass is 171 g/mol. The number of rotatable bonds is 0. The number of cyclic esters (lactones) is 1. The van der Waals surface area contributed by atoms with Crippen molar-refractivity contribution in [3.63, 3.8) is 0 Å². The Morgan fingerprint density at radius 3 is 2.69 bits per heavy atom. The summed E-state index contributed by atoms with van der Waals surface area (Å²) in [6, 6.07) is 8.82. The molecular weight excluding hydrogens is 166 g/mol. The third kappa shape index (κ3) is 1.09. The minimum absolute atomic E-state index is 0.336. The van der Waals surface area contributed by atoms with Crippen LogP contribution in [0.4, 0.5) is 0 Å². The van der Waals surface area contributed by atoms with Crippen LogP contribution in [0, 0.1) is 11.3 Å².